The number of nitrogens with zero attached hydrogens (tertiary/aromatic N) is 1. The zero-order valence-electron chi connectivity index (χ0n) is 9.56. The largest absolute Gasteiger partial charge is 0.424 e. The molecule has 4 heteroatoms. The van der Waals surface area contributed by atoms with Crippen LogP contribution in [0.3, 0.4) is 0 Å². The highest BCUT2D eigenvalue weighted by molar-refractivity contribution is 5.74. The summed E-state index contributed by atoms with van der Waals surface area (Å²) < 4.78 is 18.9. The molecule has 3 nitrogen and oxygen atoms in total. The lowest BCUT2D eigenvalue weighted by Gasteiger charge is -2.02. The van der Waals surface area contributed by atoms with Crippen molar-refractivity contribution in [1.82, 2.24) is 4.98 Å². The minimum atomic E-state index is -0.235. The van der Waals surface area contributed by atoms with Gasteiger partial charge >= 0.3 is 0 Å². The standard InChI is InChI=1S/C14H11FN2O/c15-11-6-2-1-5-10(11)9-16-14-17-12-7-3-4-8-13(12)18-14/h1-8H,9H2,(H,16,17). The molecule has 0 bridgehead atoms. The third kappa shape index (κ3) is 2.05. The van der Waals surface area contributed by atoms with Crippen molar-refractivity contribution in [2.24, 2.45) is 0 Å². The second kappa shape index (κ2) is 4.49. The fourth-order valence-corrected chi connectivity index (χ4v) is 1.76. The Morgan fingerprint density at radius 1 is 1.06 bits per heavy atom. The van der Waals surface area contributed by atoms with E-state index in [1.54, 1.807) is 18.2 Å². The minimum Gasteiger partial charge on any atom is -0.424 e. The number of hydrogen-bond acceptors (Lipinski definition) is 3. The van der Waals surface area contributed by atoms with E-state index in [0.29, 0.717) is 23.7 Å². The molecule has 3 rings (SSSR count). The van der Waals surface area contributed by atoms with Crippen LogP contribution in [0.2, 0.25) is 0 Å². The van der Waals surface area contributed by atoms with Gasteiger partial charge < -0.3 is 9.73 Å². The van der Waals surface area contributed by atoms with E-state index in [4.69, 9.17) is 4.42 Å². The van der Waals surface area contributed by atoms with Crippen molar-refractivity contribution in [3.8, 4) is 0 Å². The van der Waals surface area contributed by atoms with Gasteiger partial charge in [0, 0.05) is 12.1 Å². The Hall–Kier alpha value is -2.36. The molecule has 1 N–H and O–H groups in total. The van der Waals surface area contributed by atoms with E-state index in [9.17, 15) is 4.39 Å². The normalized spacial score (nSPS) is 10.7. The van der Waals surface area contributed by atoms with E-state index in [1.165, 1.54) is 6.07 Å². The van der Waals surface area contributed by atoms with Gasteiger partial charge in [-0.2, -0.15) is 4.98 Å². The molecule has 0 amide bonds. The molecule has 3 aromatic rings. The van der Waals surface area contributed by atoms with Crippen LogP contribution in [0.25, 0.3) is 11.1 Å². The van der Waals surface area contributed by atoms with E-state index in [2.05, 4.69) is 10.3 Å². The molecule has 1 aromatic heterocycles. The molecular weight excluding hydrogens is 231 g/mol. The smallest absolute Gasteiger partial charge is 0.295 e. The van der Waals surface area contributed by atoms with Crippen LogP contribution in [0.4, 0.5) is 10.4 Å². The Labute approximate surface area is 103 Å². The first-order valence-corrected chi connectivity index (χ1v) is 5.66. The maximum atomic E-state index is 13.4. The van der Waals surface area contributed by atoms with Crippen LogP contribution in [-0.2, 0) is 6.54 Å². The summed E-state index contributed by atoms with van der Waals surface area (Å²) in [7, 11) is 0. The zero-order valence-corrected chi connectivity index (χ0v) is 9.56. The molecule has 0 aliphatic heterocycles. The number of oxazole rings is 1. The quantitative estimate of drug-likeness (QED) is 0.762. The van der Waals surface area contributed by atoms with E-state index in [1.807, 2.05) is 24.3 Å². The van der Waals surface area contributed by atoms with Gasteiger partial charge in [0.2, 0.25) is 0 Å². The molecule has 0 saturated carbocycles. The Morgan fingerprint density at radius 3 is 2.67 bits per heavy atom. The molecule has 0 radical (unpaired) electrons. The van der Waals surface area contributed by atoms with Gasteiger partial charge in [0.05, 0.1) is 0 Å². The molecular formula is C14H11FN2O. The summed E-state index contributed by atoms with van der Waals surface area (Å²) in [4.78, 5) is 4.26. The average molecular weight is 242 g/mol. The van der Waals surface area contributed by atoms with Gasteiger partial charge in [-0.3, -0.25) is 0 Å². The number of rotatable bonds is 3. The molecule has 1 heterocycles. The van der Waals surface area contributed by atoms with Gasteiger partial charge in [0.15, 0.2) is 5.58 Å². The fourth-order valence-electron chi connectivity index (χ4n) is 1.76. The summed E-state index contributed by atoms with van der Waals surface area (Å²) >= 11 is 0. The van der Waals surface area contributed by atoms with Gasteiger partial charge in [-0.15, -0.1) is 0 Å². The van der Waals surface area contributed by atoms with E-state index < -0.39 is 0 Å². The van der Waals surface area contributed by atoms with Crippen molar-refractivity contribution in [2.45, 2.75) is 6.54 Å². The summed E-state index contributed by atoms with van der Waals surface area (Å²) in [5.41, 5.74) is 2.09. The monoisotopic (exact) mass is 242 g/mol. The molecule has 2 aromatic carbocycles. The molecule has 0 aliphatic rings. The summed E-state index contributed by atoms with van der Waals surface area (Å²) in [6, 6.07) is 14.5. The lowest BCUT2D eigenvalue weighted by atomic mass is 10.2. The molecule has 90 valence electrons. The third-order valence-corrected chi connectivity index (χ3v) is 2.68. The predicted octanol–water partition coefficient (Wildman–Crippen LogP) is 3.58. The van der Waals surface area contributed by atoms with Gasteiger partial charge in [0.1, 0.15) is 11.3 Å². The van der Waals surface area contributed by atoms with Crippen molar-refractivity contribution >= 4 is 17.1 Å². The van der Waals surface area contributed by atoms with Crippen LogP contribution in [0, 0.1) is 5.82 Å². The zero-order chi connectivity index (χ0) is 12.4. The summed E-state index contributed by atoms with van der Waals surface area (Å²) in [6.07, 6.45) is 0. The topological polar surface area (TPSA) is 38.1 Å². The van der Waals surface area contributed by atoms with Crippen molar-refractivity contribution in [3.05, 3.63) is 59.9 Å². The number of fused-ring (bicyclic) bond motifs is 1. The highest BCUT2D eigenvalue weighted by Gasteiger charge is 2.05. The highest BCUT2D eigenvalue weighted by Crippen LogP contribution is 2.18. The summed E-state index contributed by atoms with van der Waals surface area (Å²) in [6.45, 7) is 0.347. The first kappa shape index (κ1) is 10.8. The minimum absolute atomic E-state index is 0.235. The van der Waals surface area contributed by atoms with Gasteiger partial charge in [-0.25, -0.2) is 4.39 Å². The number of aromatic nitrogens is 1. The van der Waals surface area contributed by atoms with Crippen LogP contribution < -0.4 is 5.32 Å². The second-order valence-electron chi connectivity index (χ2n) is 3.93. The van der Waals surface area contributed by atoms with Crippen molar-refractivity contribution < 1.29 is 8.81 Å². The number of nitrogens with one attached hydrogen (secondary N) is 1. The van der Waals surface area contributed by atoms with Gasteiger partial charge in [-0.1, -0.05) is 30.3 Å². The molecule has 0 saturated heterocycles. The first-order chi connectivity index (χ1) is 8.83. The maximum Gasteiger partial charge on any atom is 0.295 e. The number of para-hydroxylation sites is 2. The number of halogens is 1. The highest BCUT2D eigenvalue weighted by atomic mass is 19.1. The van der Waals surface area contributed by atoms with Crippen LogP contribution in [0.1, 0.15) is 5.56 Å². The van der Waals surface area contributed by atoms with Gasteiger partial charge in [0.25, 0.3) is 6.01 Å². The molecule has 0 atom stereocenters. The predicted molar refractivity (Wildman–Crippen MR) is 67.7 cm³/mol. The molecule has 0 spiro atoms. The van der Waals surface area contributed by atoms with Crippen LogP contribution in [0.5, 0.6) is 0 Å². The van der Waals surface area contributed by atoms with Crippen molar-refractivity contribution in [3.63, 3.8) is 0 Å². The molecule has 18 heavy (non-hydrogen) atoms. The maximum absolute atomic E-state index is 13.4. The Kier molecular flexibility index (Phi) is 2.68. The van der Waals surface area contributed by atoms with E-state index in [0.717, 1.165) is 5.52 Å². The summed E-state index contributed by atoms with van der Waals surface area (Å²) in [5.74, 6) is -0.235. The SMILES string of the molecule is Fc1ccccc1CNc1nc2ccccc2o1. The van der Waals surface area contributed by atoms with Gasteiger partial charge in [-0.05, 0) is 18.2 Å². The Bertz CT molecular complexity index is 645. The molecule has 0 aliphatic carbocycles. The van der Waals surface area contributed by atoms with Crippen LogP contribution in [-0.4, -0.2) is 4.98 Å². The average Bonchev–Trinajstić information content (AvgIpc) is 2.80. The fraction of sp³-hybridized carbons (Fsp3) is 0.0714. The first-order valence-electron chi connectivity index (χ1n) is 5.66. The lowest BCUT2D eigenvalue weighted by Crippen LogP contribution is -2.01. The third-order valence-electron chi connectivity index (χ3n) is 2.68. The van der Waals surface area contributed by atoms with Crippen LogP contribution in [0.15, 0.2) is 52.9 Å². The summed E-state index contributed by atoms with van der Waals surface area (Å²) in [5, 5.41) is 2.97. The Balaban J connectivity index is 1.79. The van der Waals surface area contributed by atoms with Crippen LogP contribution >= 0.6 is 0 Å². The van der Waals surface area contributed by atoms with Crippen molar-refractivity contribution in [1.29, 1.82) is 0 Å². The van der Waals surface area contributed by atoms with Crippen molar-refractivity contribution in [2.75, 3.05) is 5.32 Å². The Morgan fingerprint density at radius 2 is 1.83 bits per heavy atom. The van der Waals surface area contributed by atoms with E-state index in [-0.39, 0.29) is 5.82 Å². The molecule has 0 fully saturated rings. The number of hydrogen-bond donors (Lipinski definition) is 1. The molecule has 0 unspecified atom stereocenters. The number of benzene rings is 2. The number of anilines is 1. The second-order valence-corrected chi connectivity index (χ2v) is 3.93. The van der Waals surface area contributed by atoms with E-state index >= 15 is 0 Å². The lowest BCUT2D eigenvalue weighted by molar-refractivity contribution is 0.599.